The van der Waals surface area contributed by atoms with Crippen molar-refractivity contribution in [2.45, 2.75) is 13.3 Å². The highest BCUT2D eigenvalue weighted by Gasteiger charge is 2.10. The molecule has 0 radical (unpaired) electrons. The van der Waals surface area contributed by atoms with Crippen LogP contribution in [-0.2, 0) is 9.59 Å². The standard InChI is InChI=1S/C16H22ClN3O2/c1-12(21)19-15(11-13-5-7-14(17)8-6-13)16(22)18-9-4-10-20(2)3/h5-8,11H,4,9-10H2,1-3H3,(H,18,22)(H,19,21)/b15-11+. The first-order chi connectivity index (χ1) is 10.4. The van der Waals surface area contributed by atoms with E-state index >= 15 is 0 Å². The van der Waals surface area contributed by atoms with Crippen LogP contribution >= 0.6 is 11.6 Å². The van der Waals surface area contributed by atoms with Crippen molar-refractivity contribution in [3.8, 4) is 0 Å². The van der Waals surface area contributed by atoms with Gasteiger partial charge in [0.1, 0.15) is 5.70 Å². The molecule has 5 nitrogen and oxygen atoms in total. The number of halogens is 1. The molecule has 0 saturated heterocycles. The highest BCUT2D eigenvalue weighted by molar-refractivity contribution is 6.30. The molecule has 120 valence electrons. The Morgan fingerprint density at radius 1 is 1.23 bits per heavy atom. The van der Waals surface area contributed by atoms with Gasteiger partial charge in [-0.2, -0.15) is 0 Å². The molecule has 0 fully saturated rings. The first-order valence-corrected chi connectivity index (χ1v) is 7.44. The molecular weight excluding hydrogens is 302 g/mol. The van der Waals surface area contributed by atoms with Crippen molar-refractivity contribution in [2.24, 2.45) is 0 Å². The molecule has 2 N–H and O–H groups in total. The van der Waals surface area contributed by atoms with Gasteiger partial charge in [0.15, 0.2) is 0 Å². The molecule has 1 rings (SSSR count). The van der Waals surface area contributed by atoms with Gasteiger partial charge in [0.2, 0.25) is 5.91 Å². The number of carbonyl (C=O) groups excluding carboxylic acids is 2. The summed E-state index contributed by atoms with van der Waals surface area (Å²) in [5.41, 5.74) is 1.01. The van der Waals surface area contributed by atoms with Crippen LogP contribution in [0, 0.1) is 0 Å². The predicted molar refractivity (Wildman–Crippen MR) is 89.4 cm³/mol. The van der Waals surface area contributed by atoms with E-state index in [1.54, 1.807) is 30.3 Å². The van der Waals surface area contributed by atoms with Crippen LogP contribution in [0.2, 0.25) is 5.02 Å². The third kappa shape index (κ3) is 7.24. The summed E-state index contributed by atoms with van der Waals surface area (Å²) in [6.07, 6.45) is 2.46. The fraction of sp³-hybridized carbons (Fsp3) is 0.375. The summed E-state index contributed by atoms with van der Waals surface area (Å²) in [6, 6.07) is 7.02. The van der Waals surface area contributed by atoms with Crippen LogP contribution in [0.3, 0.4) is 0 Å². The lowest BCUT2D eigenvalue weighted by Gasteiger charge is -2.12. The van der Waals surface area contributed by atoms with E-state index in [1.807, 2.05) is 19.0 Å². The van der Waals surface area contributed by atoms with Gasteiger partial charge < -0.3 is 15.5 Å². The minimum atomic E-state index is -0.302. The second-order valence-corrected chi connectivity index (χ2v) is 5.64. The SMILES string of the molecule is CC(=O)N/C(=C/c1ccc(Cl)cc1)C(=O)NCCCN(C)C. The molecule has 0 unspecified atom stereocenters. The minimum absolute atomic E-state index is 0.222. The Kier molecular flexibility index (Phi) is 7.63. The van der Waals surface area contributed by atoms with Gasteiger partial charge in [0.25, 0.3) is 5.91 Å². The molecule has 22 heavy (non-hydrogen) atoms. The molecule has 1 aromatic rings. The van der Waals surface area contributed by atoms with Crippen LogP contribution in [-0.4, -0.2) is 43.9 Å². The van der Waals surface area contributed by atoms with Crippen molar-refractivity contribution in [3.05, 3.63) is 40.5 Å². The van der Waals surface area contributed by atoms with E-state index in [0.29, 0.717) is 11.6 Å². The molecule has 1 aromatic carbocycles. The summed E-state index contributed by atoms with van der Waals surface area (Å²) in [4.78, 5) is 25.5. The van der Waals surface area contributed by atoms with Gasteiger partial charge in [0, 0.05) is 18.5 Å². The summed E-state index contributed by atoms with van der Waals surface area (Å²) in [5, 5.41) is 5.98. The fourth-order valence-corrected chi connectivity index (χ4v) is 1.89. The topological polar surface area (TPSA) is 61.4 Å². The lowest BCUT2D eigenvalue weighted by Crippen LogP contribution is -2.35. The highest BCUT2D eigenvalue weighted by atomic mass is 35.5. The van der Waals surface area contributed by atoms with Crippen LogP contribution in [0.5, 0.6) is 0 Å². The average molecular weight is 324 g/mol. The van der Waals surface area contributed by atoms with E-state index in [9.17, 15) is 9.59 Å². The number of nitrogens with one attached hydrogen (secondary N) is 2. The number of hydrogen-bond acceptors (Lipinski definition) is 3. The van der Waals surface area contributed by atoms with E-state index in [1.165, 1.54) is 6.92 Å². The van der Waals surface area contributed by atoms with E-state index in [4.69, 9.17) is 11.6 Å². The van der Waals surface area contributed by atoms with Crippen LogP contribution in [0.1, 0.15) is 18.9 Å². The Morgan fingerprint density at radius 2 is 1.86 bits per heavy atom. The van der Waals surface area contributed by atoms with E-state index in [0.717, 1.165) is 18.5 Å². The first kappa shape index (κ1) is 18.2. The molecule has 0 atom stereocenters. The monoisotopic (exact) mass is 323 g/mol. The van der Waals surface area contributed by atoms with Crippen molar-refractivity contribution in [1.29, 1.82) is 0 Å². The molecule has 0 aliphatic carbocycles. The summed E-state index contributed by atoms with van der Waals surface area (Å²) in [6.45, 7) is 2.81. The molecule has 0 bridgehead atoms. The van der Waals surface area contributed by atoms with Gasteiger partial charge in [-0.25, -0.2) is 0 Å². The number of benzene rings is 1. The van der Waals surface area contributed by atoms with E-state index < -0.39 is 0 Å². The molecule has 2 amide bonds. The third-order valence-corrected chi connectivity index (χ3v) is 3.06. The number of carbonyl (C=O) groups is 2. The molecule has 0 aliphatic rings. The Hall–Kier alpha value is -1.85. The fourth-order valence-electron chi connectivity index (χ4n) is 1.77. The smallest absolute Gasteiger partial charge is 0.267 e. The number of hydrogen-bond donors (Lipinski definition) is 2. The van der Waals surface area contributed by atoms with Crippen molar-refractivity contribution in [2.75, 3.05) is 27.2 Å². The zero-order valence-electron chi connectivity index (χ0n) is 13.1. The van der Waals surface area contributed by atoms with Crippen molar-refractivity contribution in [3.63, 3.8) is 0 Å². The van der Waals surface area contributed by atoms with Gasteiger partial charge in [-0.1, -0.05) is 23.7 Å². The highest BCUT2D eigenvalue weighted by Crippen LogP contribution is 2.12. The molecule has 0 aromatic heterocycles. The largest absolute Gasteiger partial charge is 0.351 e. The van der Waals surface area contributed by atoms with Gasteiger partial charge in [-0.05, 0) is 50.8 Å². The summed E-state index contributed by atoms with van der Waals surface area (Å²) in [7, 11) is 3.95. The predicted octanol–water partition coefficient (Wildman–Crippen LogP) is 1.88. The number of amides is 2. The Labute approximate surface area is 136 Å². The molecule has 0 heterocycles. The van der Waals surface area contributed by atoms with Gasteiger partial charge in [0.05, 0.1) is 0 Å². The first-order valence-electron chi connectivity index (χ1n) is 7.06. The molecule has 0 spiro atoms. The normalized spacial score (nSPS) is 11.4. The van der Waals surface area contributed by atoms with Crippen molar-refractivity contribution in [1.82, 2.24) is 15.5 Å². The van der Waals surface area contributed by atoms with Crippen molar-refractivity contribution >= 4 is 29.5 Å². The quantitative estimate of drug-likeness (QED) is 0.595. The minimum Gasteiger partial charge on any atom is -0.351 e. The molecular formula is C16H22ClN3O2. The average Bonchev–Trinajstić information content (AvgIpc) is 2.44. The number of nitrogens with zero attached hydrogens (tertiary/aromatic N) is 1. The Bertz CT molecular complexity index is 539. The van der Waals surface area contributed by atoms with Gasteiger partial charge in [-0.15, -0.1) is 0 Å². The summed E-state index contributed by atoms with van der Waals surface area (Å²) >= 11 is 5.83. The summed E-state index contributed by atoms with van der Waals surface area (Å²) < 4.78 is 0. The second kappa shape index (κ2) is 9.23. The summed E-state index contributed by atoms with van der Waals surface area (Å²) in [5.74, 6) is -0.590. The van der Waals surface area contributed by atoms with Crippen LogP contribution in [0.25, 0.3) is 6.08 Å². The Balaban J connectivity index is 2.72. The van der Waals surface area contributed by atoms with Crippen LogP contribution in [0.15, 0.2) is 30.0 Å². The van der Waals surface area contributed by atoms with Gasteiger partial charge in [-0.3, -0.25) is 9.59 Å². The third-order valence-electron chi connectivity index (χ3n) is 2.80. The van der Waals surface area contributed by atoms with E-state index in [-0.39, 0.29) is 17.5 Å². The maximum Gasteiger partial charge on any atom is 0.267 e. The maximum atomic E-state index is 12.2. The van der Waals surface area contributed by atoms with Crippen LogP contribution < -0.4 is 10.6 Å². The molecule has 6 heteroatoms. The second-order valence-electron chi connectivity index (χ2n) is 5.20. The van der Waals surface area contributed by atoms with Crippen LogP contribution in [0.4, 0.5) is 0 Å². The molecule has 0 aliphatic heterocycles. The lowest BCUT2D eigenvalue weighted by atomic mass is 10.2. The Morgan fingerprint density at radius 3 is 2.41 bits per heavy atom. The maximum absolute atomic E-state index is 12.2. The molecule has 0 saturated carbocycles. The lowest BCUT2D eigenvalue weighted by molar-refractivity contribution is -0.122. The number of rotatable bonds is 7. The van der Waals surface area contributed by atoms with Crippen molar-refractivity contribution < 1.29 is 9.59 Å². The van der Waals surface area contributed by atoms with E-state index in [2.05, 4.69) is 10.6 Å². The van der Waals surface area contributed by atoms with Gasteiger partial charge >= 0.3 is 0 Å². The zero-order valence-corrected chi connectivity index (χ0v) is 13.9. The zero-order chi connectivity index (χ0) is 16.5.